The maximum atomic E-state index is 10.9. The molecule has 0 bridgehead atoms. The van der Waals surface area contributed by atoms with E-state index in [0.29, 0.717) is 19.6 Å². The minimum absolute atomic E-state index is 0.0577. The van der Waals surface area contributed by atoms with Crippen molar-refractivity contribution < 1.29 is 14.6 Å². The van der Waals surface area contributed by atoms with Crippen LogP contribution in [0.25, 0.3) is 0 Å². The predicted octanol–water partition coefficient (Wildman–Crippen LogP) is 1.52. The van der Waals surface area contributed by atoms with E-state index in [2.05, 4.69) is 20.8 Å². The summed E-state index contributed by atoms with van der Waals surface area (Å²) >= 11 is 0. The van der Waals surface area contributed by atoms with Crippen molar-refractivity contribution in [2.24, 2.45) is 10.8 Å². The molecule has 1 saturated heterocycles. The van der Waals surface area contributed by atoms with E-state index in [0.717, 1.165) is 0 Å². The fourth-order valence-corrected chi connectivity index (χ4v) is 1.66. The third kappa shape index (κ3) is 1.78. The summed E-state index contributed by atoms with van der Waals surface area (Å²) < 4.78 is 4.96. The summed E-state index contributed by atoms with van der Waals surface area (Å²) in [6, 6.07) is 0. The van der Waals surface area contributed by atoms with Gasteiger partial charge in [0, 0.05) is 0 Å². The van der Waals surface area contributed by atoms with Crippen LogP contribution < -0.4 is 0 Å². The Morgan fingerprint density at radius 1 is 1.50 bits per heavy atom. The van der Waals surface area contributed by atoms with Crippen molar-refractivity contribution in [2.45, 2.75) is 27.2 Å². The number of rotatable bonds is 2. The van der Waals surface area contributed by atoms with Gasteiger partial charge in [-0.15, -0.1) is 0 Å². The fraction of sp³-hybridized carbons (Fsp3) is 0.889. The average Bonchev–Trinajstić information content (AvgIpc) is 1.75. The van der Waals surface area contributed by atoms with Crippen LogP contribution in [0.3, 0.4) is 0 Å². The highest BCUT2D eigenvalue weighted by atomic mass is 16.5. The van der Waals surface area contributed by atoms with Crippen LogP contribution in [-0.2, 0) is 9.53 Å². The highest BCUT2D eigenvalue weighted by Gasteiger charge is 2.48. The first kappa shape index (κ1) is 9.52. The zero-order chi connectivity index (χ0) is 9.41. The van der Waals surface area contributed by atoms with Crippen LogP contribution in [0.4, 0.5) is 0 Å². The molecule has 0 aromatic rings. The Morgan fingerprint density at radius 2 is 2.00 bits per heavy atom. The number of carboxylic acids is 1. The van der Waals surface area contributed by atoms with Crippen LogP contribution in [0.5, 0.6) is 0 Å². The molecule has 1 rings (SSSR count). The summed E-state index contributed by atoms with van der Waals surface area (Å²) in [5.74, 6) is -0.719. The second-order valence-electron chi connectivity index (χ2n) is 4.82. The molecule has 3 nitrogen and oxygen atoms in total. The summed E-state index contributed by atoms with van der Waals surface area (Å²) in [5, 5.41) is 8.97. The van der Waals surface area contributed by atoms with Gasteiger partial charge >= 0.3 is 5.97 Å². The first-order valence-corrected chi connectivity index (χ1v) is 4.17. The highest BCUT2D eigenvalue weighted by Crippen LogP contribution is 2.39. The SMILES string of the molecule is CC(C)(C)CC1(C(=O)O)COC1. The van der Waals surface area contributed by atoms with Crippen LogP contribution in [0.2, 0.25) is 0 Å². The lowest BCUT2D eigenvalue weighted by Crippen LogP contribution is -2.51. The third-order valence-electron chi connectivity index (χ3n) is 2.08. The number of ether oxygens (including phenoxy) is 1. The molecule has 3 heteroatoms. The van der Waals surface area contributed by atoms with Gasteiger partial charge < -0.3 is 9.84 Å². The number of hydrogen-bond donors (Lipinski definition) is 1. The first-order chi connectivity index (χ1) is 5.36. The van der Waals surface area contributed by atoms with Gasteiger partial charge in [-0.1, -0.05) is 20.8 Å². The maximum absolute atomic E-state index is 10.9. The Balaban J connectivity index is 2.63. The van der Waals surface area contributed by atoms with Crippen molar-refractivity contribution in [2.75, 3.05) is 13.2 Å². The minimum atomic E-state index is -0.719. The molecule has 0 aromatic carbocycles. The van der Waals surface area contributed by atoms with Crippen molar-refractivity contribution >= 4 is 5.97 Å². The second kappa shape index (κ2) is 2.73. The van der Waals surface area contributed by atoms with Gasteiger partial charge in [-0.2, -0.15) is 0 Å². The standard InChI is InChI=1S/C9H16O3/c1-8(2,3)4-9(7(10)11)5-12-6-9/h4-6H2,1-3H3,(H,10,11). The van der Waals surface area contributed by atoms with Crippen LogP contribution in [0, 0.1) is 10.8 Å². The van der Waals surface area contributed by atoms with Crippen molar-refractivity contribution in [3.63, 3.8) is 0 Å². The molecule has 0 atom stereocenters. The third-order valence-corrected chi connectivity index (χ3v) is 2.08. The highest BCUT2D eigenvalue weighted by molar-refractivity contribution is 5.76. The molecule has 1 N–H and O–H groups in total. The smallest absolute Gasteiger partial charge is 0.314 e. The van der Waals surface area contributed by atoms with Gasteiger partial charge in [-0.25, -0.2) is 0 Å². The van der Waals surface area contributed by atoms with Crippen LogP contribution in [0.15, 0.2) is 0 Å². The van der Waals surface area contributed by atoms with Crippen molar-refractivity contribution in [3.8, 4) is 0 Å². The van der Waals surface area contributed by atoms with E-state index in [-0.39, 0.29) is 5.41 Å². The molecule has 70 valence electrons. The molecule has 1 heterocycles. The molecule has 1 aliphatic heterocycles. The molecule has 1 fully saturated rings. The van der Waals surface area contributed by atoms with Crippen molar-refractivity contribution in [1.29, 1.82) is 0 Å². The van der Waals surface area contributed by atoms with Crippen molar-refractivity contribution in [3.05, 3.63) is 0 Å². The lowest BCUT2D eigenvalue weighted by Gasteiger charge is -2.41. The molecule has 0 unspecified atom stereocenters. The van der Waals surface area contributed by atoms with Gasteiger partial charge in [0.15, 0.2) is 0 Å². The molecule has 1 aliphatic rings. The van der Waals surface area contributed by atoms with E-state index < -0.39 is 11.4 Å². The van der Waals surface area contributed by atoms with Gasteiger partial charge in [0.25, 0.3) is 0 Å². The van der Waals surface area contributed by atoms with Gasteiger partial charge in [0.1, 0.15) is 5.41 Å². The molecule has 0 amide bonds. The minimum Gasteiger partial charge on any atom is -0.481 e. The zero-order valence-electron chi connectivity index (χ0n) is 7.89. The molecule has 0 aromatic heterocycles. The predicted molar refractivity (Wildman–Crippen MR) is 45.0 cm³/mol. The van der Waals surface area contributed by atoms with Gasteiger partial charge in [0.2, 0.25) is 0 Å². The summed E-state index contributed by atoms with van der Waals surface area (Å²) in [5.41, 5.74) is -0.541. The zero-order valence-corrected chi connectivity index (χ0v) is 7.89. The van der Waals surface area contributed by atoms with Crippen LogP contribution in [-0.4, -0.2) is 24.3 Å². The molecule has 0 aliphatic carbocycles. The molecule has 0 saturated carbocycles. The largest absolute Gasteiger partial charge is 0.481 e. The molecule has 0 radical (unpaired) electrons. The summed E-state index contributed by atoms with van der Waals surface area (Å²) in [4.78, 5) is 10.9. The van der Waals surface area contributed by atoms with E-state index >= 15 is 0 Å². The Kier molecular flexibility index (Phi) is 2.17. The van der Waals surface area contributed by atoms with E-state index in [9.17, 15) is 4.79 Å². The monoisotopic (exact) mass is 172 g/mol. The van der Waals surface area contributed by atoms with Crippen LogP contribution in [0.1, 0.15) is 27.2 Å². The molecule has 12 heavy (non-hydrogen) atoms. The Morgan fingerprint density at radius 3 is 2.08 bits per heavy atom. The average molecular weight is 172 g/mol. The Hall–Kier alpha value is -0.570. The number of hydrogen-bond acceptors (Lipinski definition) is 2. The topological polar surface area (TPSA) is 46.5 Å². The lowest BCUT2D eigenvalue weighted by atomic mass is 9.72. The Bertz CT molecular complexity index is 186. The quantitative estimate of drug-likeness (QED) is 0.687. The fourth-order valence-electron chi connectivity index (χ4n) is 1.66. The molecule has 0 spiro atoms. The summed E-state index contributed by atoms with van der Waals surface area (Å²) in [7, 11) is 0. The van der Waals surface area contributed by atoms with Gasteiger partial charge in [-0.05, 0) is 11.8 Å². The first-order valence-electron chi connectivity index (χ1n) is 4.17. The molecular weight excluding hydrogens is 156 g/mol. The van der Waals surface area contributed by atoms with E-state index in [1.165, 1.54) is 0 Å². The Labute approximate surface area is 72.7 Å². The maximum Gasteiger partial charge on any atom is 0.314 e. The van der Waals surface area contributed by atoms with E-state index in [1.807, 2.05) is 0 Å². The second-order valence-corrected chi connectivity index (χ2v) is 4.82. The van der Waals surface area contributed by atoms with E-state index in [4.69, 9.17) is 9.84 Å². The van der Waals surface area contributed by atoms with Gasteiger partial charge in [-0.3, -0.25) is 4.79 Å². The summed E-state index contributed by atoms with van der Waals surface area (Å²) in [6.07, 6.45) is 0.690. The van der Waals surface area contributed by atoms with E-state index in [1.54, 1.807) is 0 Å². The van der Waals surface area contributed by atoms with Crippen molar-refractivity contribution in [1.82, 2.24) is 0 Å². The molecular formula is C9H16O3. The normalized spacial score (nSPS) is 21.6. The number of aliphatic carboxylic acids is 1. The summed E-state index contributed by atoms with van der Waals surface area (Å²) in [6.45, 7) is 6.90. The number of carbonyl (C=O) groups is 1. The number of carboxylic acid groups (broad SMARTS) is 1. The van der Waals surface area contributed by atoms with Crippen LogP contribution >= 0.6 is 0 Å². The van der Waals surface area contributed by atoms with Gasteiger partial charge in [0.05, 0.1) is 13.2 Å². The lowest BCUT2D eigenvalue weighted by molar-refractivity contribution is -0.185.